The monoisotopic (exact) mass is 475 g/mol. The zero-order valence-electron chi connectivity index (χ0n) is 19.7. The largest absolute Gasteiger partial charge is 0.371 e. The van der Waals surface area contributed by atoms with Gasteiger partial charge in [0.2, 0.25) is 0 Å². The van der Waals surface area contributed by atoms with Gasteiger partial charge in [0.25, 0.3) is 0 Å². The van der Waals surface area contributed by atoms with E-state index >= 15 is 0 Å². The quantitative estimate of drug-likeness (QED) is 0.379. The molecule has 0 bridgehead atoms. The minimum absolute atomic E-state index is 0.637. The molecular formula is C26H30ClN7. The number of piperidine rings is 1. The minimum atomic E-state index is 0.637. The lowest BCUT2D eigenvalue weighted by atomic mass is 10.0. The molecule has 0 radical (unpaired) electrons. The molecule has 0 saturated carbocycles. The molecule has 0 spiro atoms. The number of hydrogen-bond donors (Lipinski definition) is 1. The molecule has 1 N–H and O–H groups in total. The van der Waals surface area contributed by atoms with Crippen molar-refractivity contribution in [2.75, 3.05) is 36.4 Å². The Morgan fingerprint density at radius 2 is 1.68 bits per heavy atom. The summed E-state index contributed by atoms with van der Waals surface area (Å²) in [6.45, 7) is 8.97. The molecule has 2 aromatic carbocycles. The van der Waals surface area contributed by atoms with E-state index in [4.69, 9.17) is 11.6 Å². The SMILES string of the molecule is CCN(CC)C1CCN(c2ccc(-n3ncc4c(Nc5ccccc5Cl)ncnc43)cc2)CC1. The highest BCUT2D eigenvalue weighted by molar-refractivity contribution is 6.33. The van der Waals surface area contributed by atoms with Crippen LogP contribution in [0.3, 0.4) is 0 Å². The Kier molecular flexibility index (Phi) is 6.65. The van der Waals surface area contributed by atoms with E-state index in [0.717, 1.165) is 48.6 Å². The van der Waals surface area contributed by atoms with Crippen LogP contribution in [0.5, 0.6) is 0 Å². The number of halogens is 1. The van der Waals surface area contributed by atoms with Gasteiger partial charge in [0, 0.05) is 24.8 Å². The van der Waals surface area contributed by atoms with Crippen LogP contribution in [0.2, 0.25) is 5.02 Å². The second kappa shape index (κ2) is 9.99. The van der Waals surface area contributed by atoms with E-state index in [1.54, 1.807) is 12.5 Å². The number of anilines is 3. The molecule has 1 saturated heterocycles. The molecule has 34 heavy (non-hydrogen) atoms. The average molecular weight is 476 g/mol. The van der Waals surface area contributed by atoms with Gasteiger partial charge in [-0.3, -0.25) is 0 Å². The number of aromatic nitrogens is 4. The Balaban J connectivity index is 1.34. The summed E-state index contributed by atoms with van der Waals surface area (Å²) in [6.07, 6.45) is 5.77. The molecule has 3 heterocycles. The van der Waals surface area contributed by atoms with Crippen LogP contribution < -0.4 is 10.2 Å². The number of benzene rings is 2. The van der Waals surface area contributed by atoms with Crippen molar-refractivity contribution in [1.29, 1.82) is 0 Å². The van der Waals surface area contributed by atoms with Gasteiger partial charge in [-0.2, -0.15) is 5.10 Å². The topological polar surface area (TPSA) is 62.1 Å². The van der Waals surface area contributed by atoms with E-state index in [0.29, 0.717) is 16.9 Å². The molecule has 1 fully saturated rings. The Hall–Kier alpha value is -3.16. The van der Waals surface area contributed by atoms with E-state index in [2.05, 4.69) is 68.3 Å². The summed E-state index contributed by atoms with van der Waals surface area (Å²) in [6, 6.07) is 16.9. The van der Waals surface area contributed by atoms with Gasteiger partial charge in [0.05, 0.1) is 28.0 Å². The fourth-order valence-electron chi connectivity index (χ4n) is 4.86. The molecule has 5 rings (SSSR count). The first-order chi connectivity index (χ1) is 16.7. The Labute approximate surface area is 205 Å². The predicted octanol–water partition coefficient (Wildman–Crippen LogP) is 5.52. The summed E-state index contributed by atoms with van der Waals surface area (Å²) in [5, 5.41) is 9.38. The van der Waals surface area contributed by atoms with Gasteiger partial charge in [0.15, 0.2) is 5.65 Å². The van der Waals surface area contributed by atoms with Gasteiger partial charge in [0.1, 0.15) is 12.1 Å². The Morgan fingerprint density at radius 1 is 0.971 bits per heavy atom. The van der Waals surface area contributed by atoms with Gasteiger partial charge in [-0.1, -0.05) is 37.6 Å². The van der Waals surface area contributed by atoms with Crippen LogP contribution in [0.1, 0.15) is 26.7 Å². The van der Waals surface area contributed by atoms with Crippen LogP contribution in [0.4, 0.5) is 17.2 Å². The van der Waals surface area contributed by atoms with Crippen molar-refractivity contribution in [2.45, 2.75) is 32.7 Å². The summed E-state index contributed by atoms with van der Waals surface area (Å²) in [5.41, 5.74) is 3.77. The van der Waals surface area contributed by atoms with Crippen LogP contribution in [0.25, 0.3) is 16.7 Å². The molecule has 0 unspecified atom stereocenters. The number of rotatable bonds is 7. The molecule has 176 valence electrons. The fourth-order valence-corrected chi connectivity index (χ4v) is 5.04. The summed E-state index contributed by atoms with van der Waals surface area (Å²) >= 11 is 6.31. The maximum Gasteiger partial charge on any atom is 0.168 e. The molecule has 8 heteroatoms. The van der Waals surface area contributed by atoms with Gasteiger partial charge in [-0.05, 0) is 62.3 Å². The normalized spacial score (nSPS) is 14.8. The molecule has 0 aliphatic carbocycles. The summed E-state index contributed by atoms with van der Waals surface area (Å²) in [5.74, 6) is 0.678. The lowest BCUT2D eigenvalue weighted by molar-refractivity contribution is 0.186. The van der Waals surface area contributed by atoms with Crippen molar-refractivity contribution in [3.05, 3.63) is 66.1 Å². The number of fused-ring (bicyclic) bond motifs is 1. The van der Waals surface area contributed by atoms with E-state index in [1.807, 2.05) is 28.9 Å². The molecule has 4 aromatic rings. The minimum Gasteiger partial charge on any atom is -0.371 e. The fraction of sp³-hybridized carbons (Fsp3) is 0.346. The van der Waals surface area contributed by atoms with Crippen molar-refractivity contribution >= 4 is 39.8 Å². The number of nitrogens with one attached hydrogen (secondary N) is 1. The van der Waals surface area contributed by atoms with Crippen molar-refractivity contribution in [3.8, 4) is 5.69 Å². The highest BCUT2D eigenvalue weighted by atomic mass is 35.5. The lowest BCUT2D eigenvalue weighted by Crippen LogP contribution is -2.44. The zero-order valence-corrected chi connectivity index (χ0v) is 20.4. The molecule has 0 atom stereocenters. The van der Waals surface area contributed by atoms with Gasteiger partial charge < -0.3 is 15.1 Å². The second-order valence-corrected chi connectivity index (χ2v) is 8.98. The van der Waals surface area contributed by atoms with Gasteiger partial charge >= 0.3 is 0 Å². The molecule has 1 aliphatic heterocycles. The van der Waals surface area contributed by atoms with Crippen LogP contribution in [0, 0.1) is 0 Å². The Bertz CT molecular complexity index is 1240. The Morgan fingerprint density at radius 3 is 2.38 bits per heavy atom. The summed E-state index contributed by atoms with van der Waals surface area (Å²) in [7, 11) is 0. The highest BCUT2D eigenvalue weighted by Crippen LogP contribution is 2.29. The van der Waals surface area contributed by atoms with Crippen molar-refractivity contribution in [2.24, 2.45) is 0 Å². The van der Waals surface area contributed by atoms with Crippen LogP contribution in [-0.2, 0) is 0 Å². The van der Waals surface area contributed by atoms with E-state index in [1.165, 1.54) is 18.5 Å². The molecule has 2 aromatic heterocycles. The third-order valence-corrected chi connectivity index (χ3v) is 7.07. The van der Waals surface area contributed by atoms with Crippen LogP contribution >= 0.6 is 11.6 Å². The number of nitrogens with zero attached hydrogens (tertiary/aromatic N) is 6. The summed E-state index contributed by atoms with van der Waals surface area (Å²) in [4.78, 5) is 14.0. The third kappa shape index (κ3) is 4.45. The number of hydrogen-bond acceptors (Lipinski definition) is 6. The van der Waals surface area contributed by atoms with Gasteiger partial charge in [-0.25, -0.2) is 14.6 Å². The van der Waals surface area contributed by atoms with Gasteiger partial charge in [-0.15, -0.1) is 0 Å². The first-order valence-corrected chi connectivity index (χ1v) is 12.4. The highest BCUT2D eigenvalue weighted by Gasteiger charge is 2.23. The maximum atomic E-state index is 6.31. The molecule has 0 amide bonds. The summed E-state index contributed by atoms with van der Waals surface area (Å²) < 4.78 is 1.85. The van der Waals surface area contributed by atoms with Crippen molar-refractivity contribution < 1.29 is 0 Å². The van der Waals surface area contributed by atoms with Crippen LogP contribution in [0.15, 0.2) is 61.1 Å². The van der Waals surface area contributed by atoms with Crippen LogP contribution in [-0.4, -0.2) is 56.9 Å². The van der Waals surface area contributed by atoms with E-state index < -0.39 is 0 Å². The maximum absolute atomic E-state index is 6.31. The molecular weight excluding hydrogens is 446 g/mol. The standard InChI is InChI=1S/C26H30ClN7/c1-3-32(4-2)20-13-15-33(16-14-20)19-9-11-21(12-10-19)34-26-22(17-30-34)25(28-18-29-26)31-24-8-6-5-7-23(24)27/h5-12,17-18,20H,3-4,13-16H2,1-2H3,(H,28,29,31). The molecule has 1 aliphatic rings. The first kappa shape index (κ1) is 22.6. The lowest BCUT2D eigenvalue weighted by Gasteiger charge is -2.38. The van der Waals surface area contributed by atoms with E-state index in [9.17, 15) is 0 Å². The number of para-hydroxylation sites is 1. The van der Waals surface area contributed by atoms with Crippen molar-refractivity contribution in [1.82, 2.24) is 24.6 Å². The second-order valence-electron chi connectivity index (χ2n) is 8.58. The zero-order chi connectivity index (χ0) is 23.5. The van der Waals surface area contributed by atoms with E-state index in [-0.39, 0.29) is 0 Å². The third-order valence-electron chi connectivity index (χ3n) is 6.75. The predicted molar refractivity (Wildman–Crippen MR) is 140 cm³/mol. The molecule has 7 nitrogen and oxygen atoms in total. The average Bonchev–Trinajstić information content (AvgIpc) is 3.32. The first-order valence-electron chi connectivity index (χ1n) is 12.0. The van der Waals surface area contributed by atoms with Crippen molar-refractivity contribution in [3.63, 3.8) is 0 Å². The smallest absolute Gasteiger partial charge is 0.168 e.